The van der Waals surface area contributed by atoms with Crippen LogP contribution in [0.25, 0.3) is 0 Å². The molecule has 0 amide bonds. The molecule has 0 radical (unpaired) electrons. The van der Waals surface area contributed by atoms with E-state index in [1.807, 2.05) is 6.08 Å². The van der Waals surface area contributed by atoms with Crippen molar-refractivity contribution in [3.8, 4) is 0 Å². The van der Waals surface area contributed by atoms with Gasteiger partial charge in [-0.25, -0.2) is 0 Å². The molecular weight excluding hydrogens is 148 g/mol. The molecule has 0 bridgehead atoms. The minimum atomic E-state index is 0.284. The molecule has 0 aromatic carbocycles. The standard InChI is InChI=1S/C10H18N2/c1-3-6-12(2)8-9-4-5-10(11)7-9/h3-5,9-10H,1,6-8,11H2,2H3. The molecule has 0 aromatic rings. The van der Waals surface area contributed by atoms with Gasteiger partial charge in [-0.05, 0) is 19.4 Å². The molecule has 12 heavy (non-hydrogen) atoms. The van der Waals surface area contributed by atoms with E-state index in [9.17, 15) is 0 Å². The molecule has 2 nitrogen and oxygen atoms in total. The molecule has 0 saturated heterocycles. The fourth-order valence-corrected chi connectivity index (χ4v) is 1.64. The Hall–Kier alpha value is -0.600. The van der Waals surface area contributed by atoms with Crippen LogP contribution in [0.2, 0.25) is 0 Å². The molecule has 1 rings (SSSR count). The largest absolute Gasteiger partial charge is 0.324 e. The normalized spacial score (nSPS) is 28.2. The summed E-state index contributed by atoms with van der Waals surface area (Å²) < 4.78 is 0. The van der Waals surface area contributed by atoms with Gasteiger partial charge >= 0.3 is 0 Å². The van der Waals surface area contributed by atoms with E-state index in [1.165, 1.54) is 0 Å². The summed E-state index contributed by atoms with van der Waals surface area (Å²) in [7, 11) is 2.11. The lowest BCUT2D eigenvalue weighted by atomic mass is 10.1. The van der Waals surface area contributed by atoms with Crippen molar-refractivity contribution in [2.45, 2.75) is 12.5 Å². The zero-order chi connectivity index (χ0) is 8.97. The fraction of sp³-hybridized carbons (Fsp3) is 0.600. The van der Waals surface area contributed by atoms with Gasteiger partial charge in [0.1, 0.15) is 0 Å². The van der Waals surface area contributed by atoms with Crippen molar-refractivity contribution in [2.24, 2.45) is 11.7 Å². The molecule has 0 aliphatic heterocycles. The van der Waals surface area contributed by atoms with Crippen molar-refractivity contribution in [1.82, 2.24) is 4.90 Å². The summed E-state index contributed by atoms with van der Waals surface area (Å²) in [5, 5.41) is 0. The third-order valence-corrected chi connectivity index (χ3v) is 2.19. The monoisotopic (exact) mass is 166 g/mol. The summed E-state index contributed by atoms with van der Waals surface area (Å²) in [5.41, 5.74) is 5.75. The van der Waals surface area contributed by atoms with Gasteiger partial charge in [0.05, 0.1) is 0 Å². The Kier molecular flexibility index (Phi) is 3.50. The average Bonchev–Trinajstić information content (AvgIpc) is 2.36. The highest BCUT2D eigenvalue weighted by Crippen LogP contribution is 2.16. The minimum absolute atomic E-state index is 0.284. The number of rotatable bonds is 4. The second-order valence-corrected chi connectivity index (χ2v) is 3.55. The molecule has 1 aliphatic rings. The molecule has 2 atom stereocenters. The lowest BCUT2D eigenvalue weighted by molar-refractivity contribution is 0.323. The molecule has 1 aliphatic carbocycles. The van der Waals surface area contributed by atoms with Gasteiger partial charge in [0.25, 0.3) is 0 Å². The van der Waals surface area contributed by atoms with E-state index < -0.39 is 0 Å². The third-order valence-electron chi connectivity index (χ3n) is 2.19. The lowest BCUT2D eigenvalue weighted by Crippen LogP contribution is -2.26. The molecule has 68 valence electrons. The zero-order valence-electron chi connectivity index (χ0n) is 7.74. The minimum Gasteiger partial charge on any atom is -0.324 e. The van der Waals surface area contributed by atoms with E-state index in [0.717, 1.165) is 19.5 Å². The first kappa shape index (κ1) is 9.49. The lowest BCUT2D eigenvalue weighted by Gasteiger charge is -2.18. The van der Waals surface area contributed by atoms with Crippen LogP contribution in [0.1, 0.15) is 6.42 Å². The van der Waals surface area contributed by atoms with Crippen molar-refractivity contribution < 1.29 is 0 Å². The van der Waals surface area contributed by atoms with E-state index in [4.69, 9.17) is 5.73 Å². The second-order valence-electron chi connectivity index (χ2n) is 3.55. The Labute approximate surface area is 74.7 Å². The maximum absolute atomic E-state index is 5.75. The Bertz CT molecular complexity index is 175. The van der Waals surface area contributed by atoms with E-state index in [1.54, 1.807) is 0 Å². The van der Waals surface area contributed by atoms with E-state index in [2.05, 4.69) is 30.7 Å². The van der Waals surface area contributed by atoms with Crippen molar-refractivity contribution in [1.29, 1.82) is 0 Å². The zero-order valence-corrected chi connectivity index (χ0v) is 7.74. The van der Waals surface area contributed by atoms with Crippen LogP contribution in [-0.2, 0) is 0 Å². The number of nitrogens with two attached hydrogens (primary N) is 1. The average molecular weight is 166 g/mol. The quantitative estimate of drug-likeness (QED) is 0.631. The van der Waals surface area contributed by atoms with Gasteiger partial charge in [-0.15, -0.1) is 6.58 Å². The van der Waals surface area contributed by atoms with Gasteiger partial charge in [0.15, 0.2) is 0 Å². The number of hydrogen-bond acceptors (Lipinski definition) is 2. The first-order valence-corrected chi connectivity index (χ1v) is 4.45. The van der Waals surface area contributed by atoms with E-state index >= 15 is 0 Å². The first-order chi connectivity index (χ1) is 5.72. The first-order valence-electron chi connectivity index (χ1n) is 4.45. The van der Waals surface area contributed by atoms with Crippen LogP contribution >= 0.6 is 0 Å². The summed E-state index contributed by atoms with van der Waals surface area (Å²) in [6, 6.07) is 0.284. The molecule has 2 unspecified atom stereocenters. The van der Waals surface area contributed by atoms with Gasteiger partial charge in [-0.2, -0.15) is 0 Å². The van der Waals surface area contributed by atoms with Crippen molar-refractivity contribution in [3.05, 3.63) is 24.8 Å². The SMILES string of the molecule is C=CCN(C)CC1C=CC(N)C1. The van der Waals surface area contributed by atoms with Crippen LogP contribution < -0.4 is 5.73 Å². The summed E-state index contributed by atoms with van der Waals surface area (Å²) in [6.45, 7) is 5.76. The van der Waals surface area contributed by atoms with Crippen LogP contribution in [0.4, 0.5) is 0 Å². The summed E-state index contributed by atoms with van der Waals surface area (Å²) in [6.07, 6.45) is 7.36. The van der Waals surface area contributed by atoms with Gasteiger partial charge < -0.3 is 10.6 Å². The molecule has 2 heteroatoms. The van der Waals surface area contributed by atoms with Crippen molar-refractivity contribution in [2.75, 3.05) is 20.1 Å². The topological polar surface area (TPSA) is 29.3 Å². The molecule has 0 fully saturated rings. The highest BCUT2D eigenvalue weighted by atomic mass is 15.1. The van der Waals surface area contributed by atoms with Crippen molar-refractivity contribution in [3.63, 3.8) is 0 Å². The second kappa shape index (κ2) is 4.43. The third kappa shape index (κ3) is 2.80. The van der Waals surface area contributed by atoms with Crippen LogP contribution in [0.5, 0.6) is 0 Å². The highest BCUT2D eigenvalue weighted by molar-refractivity contribution is 5.05. The Balaban J connectivity index is 2.23. The van der Waals surface area contributed by atoms with Gasteiger partial charge in [-0.1, -0.05) is 18.2 Å². The predicted octanol–water partition coefficient (Wildman–Crippen LogP) is 1.01. The molecular formula is C10H18N2. The smallest absolute Gasteiger partial charge is 0.0229 e. The summed E-state index contributed by atoms with van der Waals surface area (Å²) in [5.74, 6) is 0.643. The van der Waals surface area contributed by atoms with Gasteiger partial charge in [-0.3, -0.25) is 0 Å². The Morgan fingerprint density at radius 3 is 2.92 bits per heavy atom. The van der Waals surface area contributed by atoms with E-state index in [-0.39, 0.29) is 6.04 Å². The molecule has 0 saturated carbocycles. The van der Waals surface area contributed by atoms with Crippen LogP contribution in [-0.4, -0.2) is 31.1 Å². The predicted molar refractivity (Wildman–Crippen MR) is 52.9 cm³/mol. The molecule has 0 aromatic heterocycles. The Morgan fingerprint density at radius 2 is 2.42 bits per heavy atom. The maximum Gasteiger partial charge on any atom is 0.0229 e. The van der Waals surface area contributed by atoms with Gasteiger partial charge in [0.2, 0.25) is 0 Å². The van der Waals surface area contributed by atoms with Crippen LogP contribution in [0.3, 0.4) is 0 Å². The highest BCUT2D eigenvalue weighted by Gasteiger charge is 2.16. The number of likely N-dealkylation sites (N-methyl/N-ethyl adjacent to an activating group) is 1. The van der Waals surface area contributed by atoms with E-state index in [0.29, 0.717) is 5.92 Å². The number of nitrogens with zero attached hydrogens (tertiary/aromatic N) is 1. The fourth-order valence-electron chi connectivity index (χ4n) is 1.64. The maximum atomic E-state index is 5.75. The van der Waals surface area contributed by atoms with Crippen LogP contribution in [0.15, 0.2) is 24.8 Å². The summed E-state index contributed by atoms with van der Waals surface area (Å²) >= 11 is 0. The Morgan fingerprint density at radius 1 is 1.67 bits per heavy atom. The number of hydrogen-bond donors (Lipinski definition) is 1. The molecule has 2 N–H and O–H groups in total. The van der Waals surface area contributed by atoms with Crippen molar-refractivity contribution >= 4 is 0 Å². The van der Waals surface area contributed by atoms with Crippen LogP contribution in [0, 0.1) is 5.92 Å². The molecule has 0 heterocycles. The molecule has 0 spiro atoms. The summed E-state index contributed by atoms with van der Waals surface area (Å²) in [4.78, 5) is 2.26. The van der Waals surface area contributed by atoms with Gasteiger partial charge in [0, 0.05) is 19.1 Å².